The quantitative estimate of drug-likeness (QED) is 0.430. The van der Waals surface area contributed by atoms with Crippen LogP contribution in [-0.2, 0) is 9.47 Å². The van der Waals surface area contributed by atoms with Gasteiger partial charge in [0.1, 0.15) is 0 Å². The van der Waals surface area contributed by atoms with Gasteiger partial charge in [0, 0.05) is 44.2 Å². The van der Waals surface area contributed by atoms with E-state index in [1.165, 1.54) is 0 Å². The maximum atomic E-state index is 5.81. The van der Waals surface area contributed by atoms with E-state index in [1.807, 2.05) is 7.05 Å². The van der Waals surface area contributed by atoms with Gasteiger partial charge in [0.25, 0.3) is 0 Å². The Hall–Kier alpha value is -0.0800. The zero-order valence-electron chi connectivity index (χ0n) is 13.1. The Morgan fingerprint density at radius 1 is 1.50 bits per heavy atom. The number of ether oxygens (including phenoxy) is 2. The van der Waals surface area contributed by atoms with Crippen LogP contribution in [-0.4, -0.2) is 51.5 Å². The highest BCUT2D eigenvalue weighted by molar-refractivity contribution is 14.0. The van der Waals surface area contributed by atoms with Crippen LogP contribution in [0.4, 0.5) is 0 Å². The maximum Gasteiger partial charge on any atom is 0.191 e. The molecule has 0 spiro atoms. The zero-order valence-corrected chi connectivity index (χ0v) is 15.4. The highest BCUT2D eigenvalue weighted by atomic mass is 127. The number of nitrogens with zero attached hydrogens (tertiary/aromatic N) is 1. The highest BCUT2D eigenvalue weighted by Crippen LogP contribution is 2.51. The van der Waals surface area contributed by atoms with E-state index in [-0.39, 0.29) is 35.4 Å². The van der Waals surface area contributed by atoms with E-state index >= 15 is 0 Å². The van der Waals surface area contributed by atoms with Crippen LogP contribution in [0.2, 0.25) is 0 Å². The van der Waals surface area contributed by atoms with Crippen molar-refractivity contribution in [2.45, 2.75) is 45.4 Å². The topological polar surface area (TPSA) is 54.9 Å². The minimum absolute atomic E-state index is 0. The average Bonchev–Trinajstić information content (AvgIpc) is 2.81. The van der Waals surface area contributed by atoms with Gasteiger partial charge in [-0.25, -0.2) is 0 Å². The number of methoxy groups -OCH3 is 1. The Bertz CT molecular complexity index is 349. The van der Waals surface area contributed by atoms with Gasteiger partial charge < -0.3 is 20.1 Å². The van der Waals surface area contributed by atoms with Gasteiger partial charge in [-0.2, -0.15) is 0 Å². The maximum absolute atomic E-state index is 5.81. The predicted molar refractivity (Wildman–Crippen MR) is 91.8 cm³/mol. The molecule has 20 heavy (non-hydrogen) atoms. The van der Waals surface area contributed by atoms with Crippen LogP contribution in [0.1, 0.15) is 27.2 Å². The molecular formula is C14H28IN3O2. The molecule has 0 radical (unpaired) electrons. The largest absolute Gasteiger partial charge is 0.383 e. The fourth-order valence-corrected chi connectivity index (χ4v) is 3.46. The number of aliphatic imine (C=N–C) groups is 1. The fourth-order valence-electron chi connectivity index (χ4n) is 3.46. The highest BCUT2D eigenvalue weighted by Gasteiger charge is 2.59. The molecular weight excluding hydrogens is 369 g/mol. The summed E-state index contributed by atoms with van der Waals surface area (Å²) >= 11 is 0. The third kappa shape index (κ3) is 3.39. The lowest BCUT2D eigenvalue weighted by atomic mass is 9.57. The van der Waals surface area contributed by atoms with Gasteiger partial charge in [0.2, 0.25) is 0 Å². The summed E-state index contributed by atoms with van der Waals surface area (Å²) in [6, 6.07) is 0.677. The van der Waals surface area contributed by atoms with Gasteiger partial charge in [-0.1, -0.05) is 13.8 Å². The van der Waals surface area contributed by atoms with E-state index in [9.17, 15) is 0 Å². The summed E-state index contributed by atoms with van der Waals surface area (Å²) in [5.41, 5.74) is 0.170. The van der Waals surface area contributed by atoms with Gasteiger partial charge >= 0.3 is 0 Å². The molecule has 118 valence electrons. The van der Waals surface area contributed by atoms with Gasteiger partial charge in [-0.15, -0.1) is 24.0 Å². The van der Waals surface area contributed by atoms with E-state index in [1.54, 1.807) is 7.11 Å². The molecule has 1 aliphatic heterocycles. The average molecular weight is 397 g/mol. The molecule has 5 nitrogen and oxygen atoms in total. The third-order valence-electron chi connectivity index (χ3n) is 4.42. The summed E-state index contributed by atoms with van der Waals surface area (Å²) in [4.78, 5) is 4.31. The SMILES string of the molecule is CN=C(NC(C)COC)NC1C2CCOC2C1(C)C.I. The number of nitrogens with one attached hydrogen (secondary N) is 2. The Kier molecular flexibility index (Phi) is 6.53. The first kappa shape index (κ1) is 18.0. The van der Waals surface area contributed by atoms with E-state index in [0.717, 1.165) is 19.0 Å². The molecule has 1 saturated carbocycles. The van der Waals surface area contributed by atoms with Gasteiger partial charge in [-0.05, 0) is 13.3 Å². The summed E-state index contributed by atoms with van der Waals surface area (Å²) < 4.78 is 11.0. The summed E-state index contributed by atoms with van der Waals surface area (Å²) in [7, 11) is 3.52. The molecule has 1 heterocycles. The standard InChI is InChI=1S/C14H27N3O2.HI/c1-9(8-18-5)16-13(15-4)17-11-10-6-7-19-12(10)14(11,2)3;/h9-12H,6-8H2,1-5H3,(H2,15,16,17);1H. The molecule has 6 heteroatoms. The lowest BCUT2D eigenvalue weighted by Crippen LogP contribution is -2.68. The van der Waals surface area contributed by atoms with Crippen LogP contribution in [0.15, 0.2) is 4.99 Å². The molecule has 4 atom stereocenters. The van der Waals surface area contributed by atoms with Crippen molar-refractivity contribution in [2.75, 3.05) is 27.4 Å². The van der Waals surface area contributed by atoms with E-state index < -0.39 is 0 Å². The molecule has 4 unspecified atom stereocenters. The second-order valence-electron chi connectivity index (χ2n) is 6.26. The molecule has 0 amide bonds. The van der Waals surface area contributed by atoms with Gasteiger partial charge in [0.15, 0.2) is 5.96 Å². The number of rotatable bonds is 4. The Morgan fingerprint density at radius 3 is 2.80 bits per heavy atom. The Balaban J connectivity index is 0.00000200. The second kappa shape index (κ2) is 7.26. The molecule has 2 aliphatic rings. The molecule has 1 aliphatic carbocycles. The molecule has 0 aromatic carbocycles. The van der Waals surface area contributed by atoms with E-state index in [0.29, 0.717) is 24.7 Å². The van der Waals surface area contributed by atoms with Gasteiger partial charge in [0.05, 0.1) is 12.7 Å². The molecule has 1 saturated heterocycles. The lowest BCUT2D eigenvalue weighted by molar-refractivity contribution is -0.106. The fraction of sp³-hybridized carbons (Fsp3) is 0.929. The Morgan fingerprint density at radius 2 is 2.20 bits per heavy atom. The van der Waals surface area contributed by atoms with Crippen LogP contribution in [0, 0.1) is 11.3 Å². The summed E-state index contributed by atoms with van der Waals surface area (Å²) in [6.45, 7) is 8.18. The molecule has 2 fully saturated rings. The summed E-state index contributed by atoms with van der Waals surface area (Å²) in [5, 5.41) is 6.91. The van der Waals surface area contributed by atoms with Crippen molar-refractivity contribution in [3.8, 4) is 0 Å². The van der Waals surface area contributed by atoms with Crippen molar-refractivity contribution >= 4 is 29.9 Å². The van der Waals surface area contributed by atoms with Crippen molar-refractivity contribution in [1.29, 1.82) is 0 Å². The van der Waals surface area contributed by atoms with Gasteiger partial charge in [-0.3, -0.25) is 4.99 Å². The first-order chi connectivity index (χ1) is 9.00. The zero-order chi connectivity index (χ0) is 14.0. The molecule has 0 aromatic heterocycles. The summed E-state index contributed by atoms with van der Waals surface area (Å²) in [5.74, 6) is 1.47. The van der Waals surface area contributed by atoms with Crippen molar-refractivity contribution in [2.24, 2.45) is 16.3 Å². The van der Waals surface area contributed by atoms with Crippen LogP contribution < -0.4 is 10.6 Å². The van der Waals surface area contributed by atoms with Crippen LogP contribution in [0.3, 0.4) is 0 Å². The normalized spacial score (nSPS) is 32.6. The van der Waals surface area contributed by atoms with E-state index in [4.69, 9.17) is 9.47 Å². The molecule has 0 bridgehead atoms. The number of guanidine groups is 1. The minimum Gasteiger partial charge on any atom is -0.383 e. The third-order valence-corrected chi connectivity index (χ3v) is 4.42. The first-order valence-electron chi connectivity index (χ1n) is 7.11. The molecule has 0 aromatic rings. The Labute approximate surface area is 139 Å². The minimum atomic E-state index is 0. The van der Waals surface area contributed by atoms with Crippen molar-refractivity contribution in [3.63, 3.8) is 0 Å². The smallest absolute Gasteiger partial charge is 0.191 e. The number of hydrogen-bond acceptors (Lipinski definition) is 3. The molecule has 2 N–H and O–H groups in total. The van der Waals surface area contributed by atoms with Crippen molar-refractivity contribution in [1.82, 2.24) is 10.6 Å². The summed E-state index contributed by atoms with van der Waals surface area (Å²) in [6.07, 6.45) is 1.55. The second-order valence-corrected chi connectivity index (χ2v) is 6.26. The van der Waals surface area contributed by atoms with Crippen molar-refractivity contribution in [3.05, 3.63) is 0 Å². The number of fused-ring (bicyclic) bond motifs is 1. The van der Waals surface area contributed by atoms with Crippen molar-refractivity contribution < 1.29 is 9.47 Å². The lowest BCUT2D eigenvalue weighted by Gasteiger charge is -2.55. The predicted octanol–water partition coefficient (Wildman–Crippen LogP) is 1.62. The number of hydrogen-bond donors (Lipinski definition) is 2. The van der Waals surface area contributed by atoms with Crippen LogP contribution in [0.25, 0.3) is 0 Å². The number of halogens is 1. The van der Waals surface area contributed by atoms with Crippen LogP contribution >= 0.6 is 24.0 Å². The van der Waals surface area contributed by atoms with E-state index in [2.05, 4.69) is 36.4 Å². The van der Waals surface area contributed by atoms with Crippen LogP contribution in [0.5, 0.6) is 0 Å². The monoisotopic (exact) mass is 397 g/mol. The first-order valence-corrected chi connectivity index (χ1v) is 7.11. The molecule has 2 rings (SSSR count).